The van der Waals surface area contributed by atoms with Gasteiger partial charge in [0.05, 0.1) is 6.61 Å². The first-order chi connectivity index (χ1) is 10.8. The lowest BCUT2D eigenvalue weighted by atomic mass is 9.85. The van der Waals surface area contributed by atoms with Gasteiger partial charge in [-0.3, -0.25) is 0 Å². The lowest BCUT2D eigenvalue weighted by Gasteiger charge is -2.33. The van der Waals surface area contributed by atoms with E-state index in [1.54, 1.807) is 12.1 Å². The molecule has 0 atom stereocenters. The summed E-state index contributed by atoms with van der Waals surface area (Å²) >= 11 is 0. The lowest BCUT2D eigenvalue weighted by Crippen LogP contribution is -2.41. The van der Waals surface area contributed by atoms with Crippen molar-refractivity contribution in [3.63, 3.8) is 0 Å². The van der Waals surface area contributed by atoms with E-state index in [0.29, 0.717) is 12.0 Å². The molecule has 0 spiro atoms. The third-order valence-corrected chi connectivity index (χ3v) is 5.22. The molecule has 1 N–H and O–H groups in total. The zero-order chi connectivity index (χ0) is 15.2. The third kappa shape index (κ3) is 4.70. The predicted octanol–water partition coefficient (Wildman–Crippen LogP) is 4.69. The lowest BCUT2D eigenvalue weighted by molar-refractivity contribution is 0.182. The highest BCUT2D eigenvalue weighted by Gasteiger charge is 2.24. The summed E-state index contributed by atoms with van der Waals surface area (Å²) in [5.41, 5.74) is 0. The van der Waals surface area contributed by atoms with Crippen LogP contribution in [-0.2, 0) is 0 Å². The molecule has 1 aromatic carbocycles. The first kappa shape index (κ1) is 15.8. The van der Waals surface area contributed by atoms with E-state index in [2.05, 4.69) is 5.32 Å². The Morgan fingerprint density at radius 3 is 2.18 bits per heavy atom. The van der Waals surface area contributed by atoms with Gasteiger partial charge in [-0.1, -0.05) is 19.3 Å². The molecular weight excluding hydrogens is 277 g/mol. The van der Waals surface area contributed by atoms with Crippen molar-refractivity contribution in [1.29, 1.82) is 0 Å². The summed E-state index contributed by atoms with van der Waals surface area (Å²) in [6.45, 7) is 0.766. The molecule has 22 heavy (non-hydrogen) atoms. The second kappa shape index (κ2) is 7.96. The molecule has 3 rings (SSSR count). The van der Waals surface area contributed by atoms with Gasteiger partial charge in [0.2, 0.25) is 0 Å². The molecule has 0 aliphatic heterocycles. The zero-order valence-corrected chi connectivity index (χ0v) is 13.4. The van der Waals surface area contributed by atoms with Gasteiger partial charge in [-0.2, -0.15) is 0 Å². The average Bonchev–Trinajstić information content (AvgIpc) is 2.57. The molecule has 3 heteroatoms. The number of ether oxygens (including phenoxy) is 1. The van der Waals surface area contributed by atoms with Crippen LogP contribution in [0.25, 0.3) is 0 Å². The second-order valence-electron chi connectivity index (χ2n) is 6.98. The Hall–Kier alpha value is -1.09. The Kier molecular flexibility index (Phi) is 5.71. The summed E-state index contributed by atoms with van der Waals surface area (Å²) in [4.78, 5) is 0. The summed E-state index contributed by atoms with van der Waals surface area (Å²) < 4.78 is 18.7. The van der Waals surface area contributed by atoms with Crippen LogP contribution in [0.2, 0.25) is 0 Å². The number of halogens is 1. The fourth-order valence-corrected chi connectivity index (χ4v) is 3.84. The van der Waals surface area contributed by atoms with Crippen molar-refractivity contribution in [2.75, 3.05) is 6.61 Å². The third-order valence-electron chi connectivity index (χ3n) is 5.22. The monoisotopic (exact) mass is 305 g/mol. The van der Waals surface area contributed by atoms with Gasteiger partial charge in [-0.05, 0) is 68.7 Å². The maximum Gasteiger partial charge on any atom is 0.123 e. The van der Waals surface area contributed by atoms with Crippen LogP contribution in [0.4, 0.5) is 4.39 Å². The molecule has 0 saturated heterocycles. The van der Waals surface area contributed by atoms with Gasteiger partial charge in [0.15, 0.2) is 0 Å². The second-order valence-corrected chi connectivity index (χ2v) is 6.98. The van der Waals surface area contributed by atoms with Gasteiger partial charge in [0.25, 0.3) is 0 Å². The Bertz CT molecular complexity index is 433. The minimum absolute atomic E-state index is 0.207. The van der Waals surface area contributed by atoms with Crippen molar-refractivity contribution in [3.8, 4) is 5.75 Å². The molecule has 1 aromatic rings. The predicted molar refractivity (Wildman–Crippen MR) is 87.6 cm³/mol. The highest BCUT2D eigenvalue weighted by atomic mass is 19.1. The minimum atomic E-state index is -0.207. The maximum atomic E-state index is 12.9. The van der Waals surface area contributed by atoms with Gasteiger partial charge in [0.1, 0.15) is 11.6 Å². The van der Waals surface area contributed by atoms with Crippen molar-refractivity contribution in [1.82, 2.24) is 5.32 Å². The summed E-state index contributed by atoms with van der Waals surface area (Å²) in [5, 5.41) is 3.88. The van der Waals surface area contributed by atoms with Gasteiger partial charge < -0.3 is 10.1 Å². The van der Waals surface area contributed by atoms with E-state index in [9.17, 15) is 4.39 Å². The Labute approximate surface area is 133 Å². The van der Waals surface area contributed by atoms with E-state index in [1.807, 2.05) is 0 Å². The molecule has 0 bridgehead atoms. The minimum Gasteiger partial charge on any atom is -0.493 e. The van der Waals surface area contributed by atoms with Crippen molar-refractivity contribution >= 4 is 0 Å². The van der Waals surface area contributed by atoms with Crippen LogP contribution in [0.1, 0.15) is 57.8 Å². The average molecular weight is 305 g/mol. The molecule has 0 amide bonds. The fraction of sp³-hybridized carbons (Fsp3) is 0.684. The van der Waals surface area contributed by atoms with Crippen LogP contribution in [0.5, 0.6) is 5.75 Å². The molecule has 0 aromatic heterocycles. The van der Waals surface area contributed by atoms with Crippen LogP contribution in [0.3, 0.4) is 0 Å². The van der Waals surface area contributed by atoms with E-state index in [0.717, 1.165) is 18.4 Å². The van der Waals surface area contributed by atoms with Crippen LogP contribution in [-0.4, -0.2) is 18.7 Å². The molecule has 2 fully saturated rings. The molecule has 2 nitrogen and oxygen atoms in total. The van der Waals surface area contributed by atoms with Crippen LogP contribution in [0, 0.1) is 11.7 Å². The van der Waals surface area contributed by atoms with E-state index >= 15 is 0 Å². The van der Waals surface area contributed by atoms with Crippen molar-refractivity contribution in [2.24, 2.45) is 5.92 Å². The molecule has 0 unspecified atom stereocenters. The van der Waals surface area contributed by atoms with Gasteiger partial charge in [0, 0.05) is 12.1 Å². The van der Waals surface area contributed by atoms with Crippen LogP contribution < -0.4 is 10.1 Å². The number of nitrogens with one attached hydrogen (secondary N) is 1. The number of benzene rings is 1. The quantitative estimate of drug-likeness (QED) is 0.852. The number of hydrogen-bond donors (Lipinski definition) is 1. The van der Waals surface area contributed by atoms with Gasteiger partial charge in [-0.15, -0.1) is 0 Å². The summed E-state index contributed by atoms with van der Waals surface area (Å²) in [7, 11) is 0. The van der Waals surface area contributed by atoms with Crippen LogP contribution in [0.15, 0.2) is 24.3 Å². The molecule has 0 heterocycles. The smallest absolute Gasteiger partial charge is 0.123 e. The summed E-state index contributed by atoms with van der Waals surface area (Å²) in [6, 6.07) is 7.83. The fourth-order valence-electron chi connectivity index (χ4n) is 3.84. The van der Waals surface area contributed by atoms with Gasteiger partial charge in [-0.25, -0.2) is 4.39 Å². The Morgan fingerprint density at radius 1 is 0.864 bits per heavy atom. The Balaban J connectivity index is 1.35. The highest BCUT2D eigenvalue weighted by Crippen LogP contribution is 2.27. The number of hydrogen-bond acceptors (Lipinski definition) is 2. The largest absolute Gasteiger partial charge is 0.493 e. The number of rotatable bonds is 5. The Morgan fingerprint density at radius 2 is 1.50 bits per heavy atom. The molecule has 2 aliphatic carbocycles. The van der Waals surface area contributed by atoms with Crippen LogP contribution >= 0.6 is 0 Å². The highest BCUT2D eigenvalue weighted by molar-refractivity contribution is 5.22. The normalized spacial score (nSPS) is 26.8. The summed E-state index contributed by atoms with van der Waals surface area (Å²) in [6.07, 6.45) is 12.0. The first-order valence-electron chi connectivity index (χ1n) is 8.94. The molecule has 122 valence electrons. The molecule has 0 radical (unpaired) electrons. The standard InChI is InChI=1S/C19H28FNO/c20-16-8-12-19(13-9-16)22-14-15-6-10-18(11-7-15)21-17-4-2-1-3-5-17/h8-9,12-13,15,17-18,21H,1-7,10-11,14H2/t15-,18-. The zero-order valence-electron chi connectivity index (χ0n) is 13.4. The topological polar surface area (TPSA) is 21.3 Å². The van der Waals surface area contributed by atoms with Gasteiger partial charge >= 0.3 is 0 Å². The molecule has 2 saturated carbocycles. The molecule has 2 aliphatic rings. The van der Waals surface area contributed by atoms with Crippen molar-refractivity contribution in [2.45, 2.75) is 69.9 Å². The van der Waals surface area contributed by atoms with Crippen molar-refractivity contribution < 1.29 is 9.13 Å². The first-order valence-corrected chi connectivity index (χ1v) is 8.94. The van der Waals surface area contributed by atoms with E-state index in [4.69, 9.17) is 4.74 Å². The maximum absolute atomic E-state index is 12.9. The SMILES string of the molecule is Fc1ccc(OC[C@H]2CC[C@H](NC3CCCCC3)CC2)cc1. The molecular formula is C19H28FNO. The van der Waals surface area contributed by atoms with E-state index in [-0.39, 0.29) is 5.82 Å². The van der Waals surface area contributed by atoms with E-state index < -0.39 is 0 Å². The van der Waals surface area contributed by atoms with Crippen molar-refractivity contribution in [3.05, 3.63) is 30.1 Å². The summed E-state index contributed by atoms with van der Waals surface area (Å²) in [5.74, 6) is 1.22. The van der Waals surface area contributed by atoms with E-state index in [1.165, 1.54) is 69.9 Å².